The zero-order valence-electron chi connectivity index (χ0n) is 11.4. The minimum absolute atomic E-state index is 0.662. The number of benzene rings is 2. The number of aromatic nitrogens is 2. The average molecular weight is 268 g/mol. The number of hydrogen-bond acceptors (Lipinski definition) is 4. The van der Waals surface area contributed by atoms with Crippen LogP contribution in [0.1, 0.15) is 5.56 Å². The highest BCUT2D eigenvalue weighted by Crippen LogP contribution is 2.28. The summed E-state index contributed by atoms with van der Waals surface area (Å²) >= 11 is 0. The van der Waals surface area contributed by atoms with Crippen molar-refractivity contribution in [1.29, 1.82) is 0 Å². The first kappa shape index (κ1) is 12.3. The molecule has 102 valence electrons. The van der Waals surface area contributed by atoms with Gasteiger partial charge in [-0.05, 0) is 42.8 Å². The Morgan fingerprint density at radius 2 is 2.05 bits per heavy atom. The fraction of sp³-hybridized carbons (Fsp3) is 0.133. The molecule has 1 aromatic heterocycles. The van der Waals surface area contributed by atoms with Gasteiger partial charge in [0, 0.05) is 5.69 Å². The highest BCUT2D eigenvalue weighted by molar-refractivity contribution is 5.81. The van der Waals surface area contributed by atoms with Crippen LogP contribution < -0.4 is 15.8 Å². The van der Waals surface area contributed by atoms with Crippen LogP contribution in [0.3, 0.4) is 0 Å². The molecule has 1 heterocycles. The number of aromatic amines is 1. The van der Waals surface area contributed by atoms with Crippen LogP contribution in [0.5, 0.6) is 5.75 Å². The number of nitrogen functional groups attached to an aromatic ring is 1. The Labute approximate surface area is 116 Å². The Hall–Kier alpha value is -2.69. The number of rotatable bonds is 3. The number of imidazole rings is 1. The van der Waals surface area contributed by atoms with Crippen molar-refractivity contribution >= 4 is 28.4 Å². The summed E-state index contributed by atoms with van der Waals surface area (Å²) in [5.41, 5.74) is 10.3. The van der Waals surface area contributed by atoms with Crippen LogP contribution in [-0.2, 0) is 0 Å². The van der Waals surface area contributed by atoms with Crippen molar-refractivity contribution in [3.8, 4) is 5.75 Å². The molecule has 0 atom stereocenters. The lowest BCUT2D eigenvalue weighted by Gasteiger charge is -2.09. The van der Waals surface area contributed by atoms with E-state index in [1.54, 1.807) is 7.11 Å². The number of nitrogens with one attached hydrogen (secondary N) is 2. The van der Waals surface area contributed by atoms with Gasteiger partial charge >= 0.3 is 0 Å². The van der Waals surface area contributed by atoms with Crippen molar-refractivity contribution in [2.75, 3.05) is 18.2 Å². The minimum Gasteiger partial charge on any atom is -0.495 e. The smallest absolute Gasteiger partial charge is 0.205 e. The van der Waals surface area contributed by atoms with Gasteiger partial charge in [-0.25, -0.2) is 4.98 Å². The Morgan fingerprint density at radius 3 is 2.85 bits per heavy atom. The molecule has 0 aliphatic rings. The summed E-state index contributed by atoms with van der Waals surface area (Å²) in [6, 6.07) is 11.5. The maximum absolute atomic E-state index is 5.76. The van der Waals surface area contributed by atoms with Crippen molar-refractivity contribution < 1.29 is 4.74 Å². The van der Waals surface area contributed by atoms with Crippen LogP contribution in [0, 0.1) is 6.92 Å². The van der Waals surface area contributed by atoms with Gasteiger partial charge in [-0.1, -0.05) is 6.07 Å². The second-order valence-electron chi connectivity index (χ2n) is 4.69. The molecule has 20 heavy (non-hydrogen) atoms. The van der Waals surface area contributed by atoms with Gasteiger partial charge < -0.3 is 20.8 Å². The summed E-state index contributed by atoms with van der Waals surface area (Å²) in [6.07, 6.45) is 0. The van der Waals surface area contributed by atoms with Gasteiger partial charge in [-0.3, -0.25) is 0 Å². The summed E-state index contributed by atoms with van der Waals surface area (Å²) < 4.78 is 5.34. The monoisotopic (exact) mass is 268 g/mol. The molecule has 0 bridgehead atoms. The number of nitrogens with zero attached hydrogens (tertiary/aromatic N) is 1. The first-order chi connectivity index (χ1) is 9.65. The summed E-state index contributed by atoms with van der Waals surface area (Å²) in [5.74, 6) is 1.44. The number of hydrogen-bond donors (Lipinski definition) is 3. The molecule has 0 spiro atoms. The molecule has 0 amide bonds. The van der Waals surface area contributed by atoms with Gasteiger partial charge in [0.05, 0.1) is 23.8 Å². The third-order valence-corrected chi connectivity index (χ3v) is 3.11. The van der Waals surface area contributed by atoms with E-state index in [2.05, 4.69) is 15.3 Å². The molecule has 2 aromatic carbocycles. The number of fused-ring (bicyclic) bond motifs is 1. The molecule has 0 saturated carbocycles. The molecule has 4 N–H and O–H groups in total. The molecular formula is C15H16N4O. The quantitative estimate of drug-likeness (QED) is 0.637. The second-order valence-corrected chi connectivity index (χ2v) is 4.69. The number of nitrogens with two attached hydrogens (primary N) is 1. The van der Waals surface area contributed by atoms with Gasteiger partial charge in [0.2, 0.25) is 5.95 Å². The summed E-state index contributed by atoms with van der Waals surface area (Å²) in [5, 5.41) is 3.24. The fourth-order valence-corrected chi connectivity index (χ4v) is 2.13. The summed E-state index contributed by atoms with van der Waals surface area (Å²) in [7, 11) is 1.65. The molecule has 0 saturated heterocycles. The van der Waals surface area contributed by atoms with Crippen LogP contribution in [0.2, 0.25) is 0 Å². The summed E-state index contributed by atoms with van der Waals surface area (Å²) in [6.45, 7) is 2.03. The van der Waals surface area contributed by atoms with E-state index in [4.69, 9.17) is 10.5 Å². The number of methoxy groups -OCH3 is 1. The van der Waals surface area contributed by atoms with E-state index in [1.807, 2.05) is 43.3 Å². The minimum atomic E-state index is 0.662. The Balaban J connectivity index is 1.98. The van der Waals surface area contributed by atoms with Gasteiger partial charge in [0.25, 0.3) is 0 Å². The standard InChI is InChI=1S/C15H16N4O/c1-9-3-6-14(20-2)13(7-9)19-15-17-11-5-4-10(16)8-12(11)18-15/h3-8H,16H2,1-2H3,(H2,17,18,19). The molecule has 0 aliphatic carbocycles. The summed E-state index contributed by atoms with van der Waals surface area (Å²) in [4.78, 5) is 7.67. The number of aryl methyl sites for hydroxylation is 1. The van der Waals surface area contributed by atoms with E-state index < -0.39 is 0 Å². The lowest BCUT2D eigenvalue weighted by Crippen LogP contribution is -1.96. The molecule has 5 heteroatoms. The van der Waals surface area contributed by atoms with Crippen molar-refractivity contribution in [3.63, 3.8) is 0 Å². The molecule has 0 radical (unpaired) electrons. The molecule has 3 aromatic rings. The molecule has 0 aliphatic heterocycles. The van der Waals surface area contributed by atoms with Gasteiger partial charge in [-0.2, -0.15) is 0 Å². The number of H-pyrrole nitrogens is 1. The number of anilines is 3. The Morgan fingerprint density at radius 1 is 1.20 bits per heavy atom. The second kappa shape index (κ2) is 4.77. The largest absolute Gasteiger partial charge is 0.495 e. The van der Waals surface area contributed by atoms with Crippen molar-refractivity contribution in [2.24, 2.45) is 0 Å². The third-order valence-electron chi connectivity index (χ3n) is 3.11. The fourth-order valence-electron chi connectivity index (χ4n) is 2.13. The van der Waals surface area contributed by atoms with Crippen LogP contribution in [0.25, 0.3) is 11.0 Å². The molecule has 3 rings (SSSR count). The molecular weight excluding hydrogens is 252 g/mol. The van der Waals surface area contributed by atoms with E-state index in [1.165, 1.54) is 0 Å². The van der Waals surface area contributed by atoms with Crippen LogP contribution in [0.4, 0.5) is 17.3 Å². The van der Waals surface area contributed by atoms with Gasteiger partial charge in [0.1, 0.15) is 5.75 Å². The first-order valence-corrected chi connectivity index (χ1v) is 6.32. The molecule has 0 unspecified atom stereocenters. The predicted octanol–water partition coefficient (Wildman–Crippen LogP) is 3.21. The molecule has 0 fully saturated rings. The third kappa shape index (κ3) is 2.25. The van der Waals surface area contributed by atoms with E-state index in [0.29, 0.717) is 11.6 Å². The normalized spacial score (nSPS) is 10.7. The maximum atomic E-state index is 5.76. The van der Waals surface area contributed by atoms with E-state index in [0.717, 1.165) is 28.0 Å². The Kier molecular flexibility index (Phi) is 2.95. The maximum Gasteiger partial charge on any atom is 0.205 e. The van der Waals surface area contributed by atoms with Crippen LogP contribution >= 0.6 is 0 Å². The zero-order chi connectivity index (χ0) is 14.1. The lowest BCUT2D eigenvalue weighted by molar-refractivity contribution is 0.416. The molecule has 5 nitrogen and oxygen atoms in total. The lowest BCUT2D eigenvalue weighted by atomic mass is 10.2. The first-order valence-electron chi connectivity index (χ1n) is 6.32. The van der Waals surface area contributed by atoms with Gasteiger partial charge in [0.15, 0.2) is 0 Å². The predicted molar refractivity (Wildman–Crippen MR) is 81.5 cm³/mol. The van der Waals surface area contributed by atoms with Crippen molar-refractivity contribution in [3.05, 3.63) is 42.0 Å². The van der Waals surface area contributed by atoms with E-state index in [9.17, 15) is 0 Å². The highest BCUT2D eigenvalue weighted by Gasteiger charge is 2.07. The highest BCUT2D eigenvalue weighted by atomic mass is 16.5. The van der Waals surface area contributed by atoms with Crippen molar-refractivity contribution in [1.82, 2.24) is 9.97 Å². The SMILES string of the molecule is COc1ccc(C)cc1Nc1nc2ccc(N)cc2[nH]1. The average Bonchev–Trinajstić information content (AvgIpc) is 2.80. The van der Waals surface area contributed by atoms with E-state index >= 15 is 0 Å². The van der Waals surface area contributed by atoms with Crippen LogP contribution in [-0.4, -0.2) is 17.1 Å². The topological polar surface area (TPSA) is 76.0 Å². The number of ether oxygens (including phenoxy) is 1. The van der Waals surface area contributed by atoms with Crippen LogP contribution in [0.15, 0.2) is 36.4 Å². The Bertz CT molecular complexity index is 764. The van der Waals surface area contributed by atoms with E-state index in [-0.39, 0.29) is 0 Å². The van der Waals surface area contributed by atoms with Gasteiger partial charge in [-0.15, -0.1) is 0 Å². The van der Waals surface area contributed by atoms with Crippen molar-refractivity contribution in [2.45, 2.75) is 6.92 Å². The zero-order valence-corrected chi connectivity index (χ0v) is 11.4.